The fourth-order valence-corrected chi connectivity index (χ4v) is 2.44. The van der Waals surface area contributed by atoms with E-state index >= 15 is 0 Å². The highest BCUT2D eigenvalue weighted by Crippen LogP contribution is 2.13. The minimum Gasteiger partial charge on any atom is -0.494 e. The third kappa shape index (κ3) is 6.05. The van der Waals surface area contributed by atoms with Crippen LogP contribution in [0.1, 0.15) is 29.5 Å². The molecule has 2 aromatic rings. The number of benzene rings is 2. The molecule has 0 unspecified atom stereocenters. The van der Waals surface area contributed by atoms with Gasteiger partial charge in [-0.15, -0.1) is 0 Å². The van der Waals surface area contributed by atoms with Gasteiger partial charge >= 0.3 is 0 Å². The van der Waals surface area contributed by atoms with Crippen molar-refractivity contribution in [1.29, 1.82) is 0 Å². The van der Waals surface area contributed by atoms with Crippen molar-refractivity contribution in [3.8, 4) is 5.75 Å². The van der Waals surface area contributed by atoms with Crippen LogP contribution in [0.3, 0.4) is 0 Å². The molecular weight excluding hydrogens is 302 g/mol. The van der Waals surface area contributed by atoms with Gasteiger partial charge in [0, 0.05) is 20.1 Å². The maximum Gasteiger partial charge on any atom is 0.220 e. The van der Waals surface area contributed by atoms with E-state index in [1.165, 1.54) is 5.56 Å². The lowest BCUT2D eigenvalue weighted by atomic mass is 10.1. The normalized spacial score (nSPS) is 10.4. The van der Waals surface area contributed by atoms with Gasteiger partial charge < -0.3 is 14.8 Å². The van der Waals surface area contributed by atoms with Crippen LogP contribution in [-0.2, 0) is 22.7 Å². The Bertz CT molecular complexity index is 655. The molecule has 1 N–H and O–H groups in total. The van der Waals surface area contributed by atoms with Crippen molar-refractivity contribution in [2.45, 2.75) is 32.9 Å². The number of carbonyl (C=O) groups is 1. The zero-order valence-corrected chi connectivity index (χ0v) is 14.4. The van der Waals surface area contributed by atoms with Crippen molar-refractivity contribution in [2.24, 2.45) is 0 Å². The topological polar surface area (TPSA) is 47.6 Å². The second kappa shape index (κ2) is 9.73. The summed E-state index contributed by atoms with van der Waals surface area (Å²) in [6.07, 6.45) is 1.15. The summed E-state index contributed by atoms with van der Waals surface area (Å²) < 4.78 is 10.8. The number of rotatable bonds is 9. The summed E-state index contributed by atoms with van der Waals surface area (Å²) >= 11 is 0. The predicted octanol–water partition coefficient (Wildman–Crippen LogP) is 3.62. The van der Waals surface area contributed by atoms with Crippen molar-refractivity contribution in [2.75, 3.05) is 13.7 Å². The second-order valence-corrected chi connectivity index (χ2v) is 5.75. The number of aryl methyl sites for hydroxylation is 1. The average Bonchev–Trinajstić information content (AvgIpc) is 2.58. The Morgan fingerprint density at radius 2 is 1.88 bits per heavy atom. The number of nitrogens with one attached hydrogen (secondary N) is 1. The fraction of sp³-hybridized carbons (Fsp3) is 0.350. The Balaban J connectivity index is 1.68. The van der Waals surface area contributed by atoms with Crippen LogP contribution >= 0.6 is 0 Å². The van der Waals surface area contributed by atoms with Crippen LogP contribution in [0, 0.1) is 6.92 Å². The predicted molar refractivity (Wildman–Crippen MR) is 94.9 cm³/mol. The summed E-state index contributed by atoms with van der Waals surface area (Å²) in [6.45, 7) is 3.65. The Morgan fingerprint density at radius 3 is 2.62 bits per heavy atom. The van der Waals surface area contributed by atoms with Crippen LogP contribution in [-0.4, -0.2) is 19.6 Å². The molecule has 0 aliphatic rings. The first kappa shape index (κ1) is 18.0. The molecule has 4 nitrogen and oxygen atoms in total. The summed E-state index contributed by atoms with van der Waals surface area (Å²) in [5, 5.41) is 2.96. The van der Waals surface area contributed by atoms with Crippen molar-refractivity contribution in [3.63, 3.8) is 0 Å². The average molecular weight is 327 g/mol. The first-order valence-corrected chi connectivity index (χ1v) is 8.21. The molecular formula is C20H25NO3. The molecule has 0 aliphatic heterocycles. The number of methoxy groups -OCH3 is 1. The van der Waals surface area contributed by atoms with E-state index in [-0.39, 0.29) is 5.91 Å². The van der Waals surface area contributed by atoms with E-state index in [1.807, 2.05) is 55.5 Å². The third-order valence-corrected chi connectivity index (χ3v) is 3.70. The van der Waals surface area contributed by atoms with Crippen molar-refractivity contribution in [3.05, 3.63) is 65.2 Å². The Hall–Kier alpha value is -2.33. The lowest BCUT2D eigenvalue weighted by Crippen LogP contribution is -2.23. The van der Waals surface area contributed by atoms with Crippen LogP contribution < -0.4 is 10.1 Å². The lowest BCUT2D eigenvalue weighted by molar-refractivity contribution is -0.121. The van der Waals surface area contributed by atoms with Gasteiger partial charge in [0.1, 0.15) is 5.75 Å². The highest BCUT2D eigenvalue weighted by molar-refractivity contribution is 5.75. The largest absolute Gasteiger partial charge is 0.494 e. The van der Waals surface area contributed by atoms with E-state index in [4.69, 9.17) is 9.47 Å². The number of hydrogen-bond donors (Lipinski definition) is 1. The van der Waals surface area contributed by atoms with Crippen LogP contribution in [0.25, 0.3) is 0 Å². The van der Waals surface area contributed by atoms with E-state index in [0.29, 0.717) is 32.6 Å². The number of carbonyl (C=O) groups excluding carboxylic acids is 1. The molecule has 0 saturated carbocycles. The molecule has 24 heavy (non-hydrogen) atoms. The Morgan fingerprint density at radius 1 is 1.08 bits per heavy atom. The van der Waals surface area contributed by atoms with Gasteiger partial charge in [-0.3, -0.25) is 4.79 Å². The van der Waals surface area contributed by atoms with Crippen LogP contribution in [0.4, 0.5) is 0 Å². The van der Waals surface area contributed by atoms with Crippen LogP contribution in [0.2, 0.25) is 0 Å². The highest BCUT2D eigenvalue weighted by Gasteiger charge is 2.05. The van der Waals surface area contributed by atoms with Gasteiger partial charge in [0.25, 0.3) is 0 Å². The Labute approximate surface area is 143 Å². The third-order valence-electron chi connectivity index (χ3n) is 3.70. The number of amides is 1. The van der Waals surface area contributed by atoms with Crippen LogP contribution in [0.5, 0.6) is 5.75 Å². The molecule has 0 radical (unpaired) electrons. The van der Waals surface area contributed by atoms with Gasteiger partial charge in [-0.2, -0.15) is 0 Å². The Kier molecular flexibility index (Phi) is 7.30. The van der Waals surface area contributed by atoms with Gasteiger partial charge in [0.2, 0.25) is 5.91 Å². The van der Waals surface area contributed by atoms with Gasteiger partial charge in [-0.25, -0.2) is 0 Å². The van der Waals surface area contributed by atoms with Gasteiger partial charge in [0.05, 0.1) is 13.2 Å². The molecule has 2 rings (SSSR count). The van der Waals surface area contributed by atoms with E-state index in [0.717, 1.165) is 16.9 Å². The van der Waals surface area contributed by atoms with Crippen molar-refractivity contribution in [1.82, 2.24) is 5.32 Å². The molecule has 2 aromatic carbocycles. The molecule has 0 aliphatic carbocycles. The second-order valence-electron chi connectivity index (χ2n) is 5.75. The molecule has 4 heteroatoms. The number of ether oxygens (including phenoxy) is 2. The van der Waals surface area contributed by atoms with E-state index in [1.54, 1.807) is 7.11 Å². The van der Waals surface area contributed by atoms with E-state index < -0.39 is 0 Å². The monoisotopic (exact) mass is 327 g/mol. The summed E-state index contributed by atoms with van der Waals surface area (Å²) in [4.78, 5) is 12.0. The minimum absolute atomic E-state index is 0.0371. The summed E-state index contributed by atoms with van der Waals surface area (Å²) in [5.41, 5.74) is 3.35. The summed E-state index contributed by atoms with van der Waals surface area (Å²) in [7, 11) is 1.67. The lowest BCUT2D eigenvalue weighted by Gasteiger charge is -2.10. The molecule has 0 aromatic heterocycles. The zero-order chi connectivity index (χ0) is 17.2. The molecule has 0 heterocycles. The van der Waals surface area contributed by atoms with Crippen LogP contribution in [0.15, 0.2) is 48.5 Å². The summed E-state index contributed by atoms with van der Waals surface area (Å²) in [6, 6.07) is 15.9. The van der Waals surface area contributed by atoms with Crippen molar-refractivity contribution >= 4 is 5.91 Å². The minimum atomic E-state index is 0.0371. The maximum atomic E-state index is 12.0. The molecule has 1 amide bonds. The fourth-order valence-electron chi connectivity index (χ4n) is 2.44. The molecule has 0 atom stereocenters. The highest BCUT2D eigenvalue weighted by atomic mass is 16.5. The molecule has 0 spiro atoms. The first-order valence-electron chi connectivity index (χ1n) is 8.21. The molecule has 0 bridgehead atoms. The zero-order valence-electron chi connectivity index (χ0n) is 14.4. The molecule has 0 fully saturated rings. The quantitative estimate of drug-likeness (QED) is 0.716. The van der Waals surface area contributed by atoms with Gasteiger partial charge in [0.15, 0.2) is 0 Å². The van der Waals surface area contributed by atoms with E-state index in [2.05, 4.69) is 5.32 Å². The molecule has 0 saturated heterocycles. The smallest absolute Gasteiger partial charge is 0.220 e. The number of hydrogen-bond acceptors (Lipinski definition) is 3. The SMILES string of the molecule is COCc1ccccc1CNC(=O)CCCOc1cccc(C)c1. The van der Waals surface area contributed by atoms with E-state index in [9.17, 15) is 4.79 Å². The summed E-state index contributed by atoms with van der Waals surface area (Å²) in [5.74, 6) is 0.888. The van der Waals surface area contributed by atoms with Gasteiger partial charge in [-0.1, -0.05) is 36.4 Å². The first-order chi connectivity index (χ1) is 11.7. The maximum absolute atomic E-state index is 12.0. The van der Waals surface area contributed by atoms with Gasteiger partial charge in [-0.05, 0) is 42.2 Å². The molecule has 128 valence electrons. The van der Waals surface area contributed by atoms with Crippen molar-refractivity contribution < 1.29 is 14.3 Å². The standard InChI is InChI=1S/C20H25NO3/c1-16-7-5-10-19(13-16)24-12-6-11-20(22)21-14-17-8-3-4-9-18(17)15-23-2/h3-5,7-10,13H,6,11-12,14-15H2,1-2H3,(H,21,22).